The molecule has 0 aromatic carbocycles. The van der Waals surface area contributed by atoms with E-state index in [1.807, 2.05) is 0 Å². The lowest BCUT2D eigenvalue weighted by Gasteiger charge is -2.29. The molecule has 2 fully saturated rings. The molecule has 0 unspecified atom stereocenters. The first-order valence-corrected chi connectivity index (χ1v) is 5.81. The Hall–Kier alpha value is -1.10. The highest BCUT2D eigenvalue weighted by Crippen LogP contribution is 2.26. The Kier molecular flexibility index (Phi) is 3.43. The van der Waals surface area contributed by atoms with Crippen molar-refractivity contribution in [2.45, 2.75) is 25.8 Å². The molecule has 16 heavy (non-hydrogen) atoms. The molecule has 2 aliphatic rings. The molecule has 1 heterocycles. The van der Waals surface area contributed by atoms with Crippen LogP contribution in [0, 0.1) is 0 Å². The maximum atomic E-state index is 11.9. The first kappa shape index (κ1) is 11.4. The van der Waals surface area contributed by atoms with Gasteiger partial charge in [0.2, 0.25) is 11.8 Å². The van der Waals surface area contributed by atoms with E-state index in [-0.39, 0.29) is 18.4 Å². The zero-order valence-electron chi connectivity index (χ0n) is 9.65. The summed E-state index contributed by atoms with van der Waals surface area (Å²) in [6.07, 6.45) is 2.08. The minimum Gasteiger partial charge on any atom is -0.378 e. The third-order valence-corrected chi connectivity index (χ3v) is 3.06. The maximum absolute atomic E-state index is 11.9. The van der Waals surface area contributed by atoms with Crippen LogP contribution in [-0.2, 0) is 14.3 Å². The number of amides is 2. The zero-order chi connectivity index (χ0) is 11.5. The third kappa shape index (κ3) is 2.72. The predicted molar refractivity (Wildman–Crippen MR) is 57.8 cm³/mol. The lowest BCUT2D eigenvalue weighted by atomic mass is 10.3. The average Bonchev–Trinajstić information content (AvgIpc) is 3.10. The summed E-state index contributed by atoms with van der Waals surface area (Å²) >= 11 is 0. The minimum absolute atomic E-state index is 0.00381. The van der Waals surface area contributed by atoms with Crippen LogP contribution in [0.5, 0.6) is 0 Å². The average molecular weight is 226 g/mol. The zero-order valence-corrected chi connectivity index (χ0v) is 9.65. The molecule has 0 N–H and O–H groups in total. The van der Waals surface area contributed by atoms with Gasteiger partial charge in [0.15, 0.2) is 0 Å². The van der Waals surface area contributed by atoms with Gasteiger partial charge in [-0.1, -0.05) is 0 Å². The Bertz CT molecular complexity index is 283. The van der Waals surface area contributed by atoms with Crippen molar-refractivity contribution >= 4 is 11.8 Å². The van der Waals surface area contributed by atoms with Crippen molar-refractivity contribution < 1.29 is 14.3 Å². The van der Waals surface area contributed by atoms with Crippen LogP contribution in [0.4, 0.5) is 0 Å². The molecule has 1 aliphatic heterocycles. The van der Waals surface area contributed by atoms with Crippen LogP contribution >= 0.6 is 0 Å². The standard InChI is InChI=1S/C11H18N2O3/c1-9(14)13(10-2-3-10)8-11(15)12-4-6-16-7-5-12/h10H,2-8H2,1H3. The Morgan fingerprint density at radius 2 is 1.94 bits per heavy atom. The predicted octanol–water partition coefficient (Wildman–Crippen LogP) is -0.144. The Balaban J connectivity index is 1.86. The quantitative estimate of drug-likeness (QED) is 0.673. The van der Waals surface area contributed by atoms with E-state index in [2.05, 4.69) is 0 Å². The minimum atomic E-state index is 0.00381. The molecule has 0 aromatic rings. The third-order valence-electron chi connectivity index (χ3n) is 3.06. The summed E-state index contributed by atoms with van der Waals surface area (Å²) in [5.41, 5.74) is 0. The first-order valence-electron chi connectivity index (χ1n) is 5.81. The van der Waals surface area contributed by atoms with E-state index in [1.54, 1.807) is 9.80 Å². The van der Waals surface area contributed by atoms with Crippen LogP contribution in [0.3, 0.4) is 0 Å². The van der Waals surface area contributed by atoms with Crippen molar-refractivity contribution in [3.05, 3.63) is 0 Å². The fourth-order valence-corrected chi connectivity index (χ4v) is 1.94. The van der Waals surface area contributed by atoms with Crippen LogP contribution in [0.2, 0.25) is 0 Å². The molecule has 2 amide bonds. The second-order valence-corrected chi connectivity index (χ2v) is 4.37. The van der Waals surface area contributed by atoms with Crippen molar-refractivity contribution in [3.8, 4) is 0 Å². The summed E-state index contributed by atoms with van der Waals surface area (Å²) in [7, 11) is 0. The molecule has 0 atom stereocenters. The number of ether oxygens (including phenoxy) is 1. The van der Waals surface area contributed by atoms with Gasteiger partial charge in [-0.2, -0.15) is 0 Å². The molecular formula is C11H18N2O3. The number of carbonyl (C=O) groups excluding carboxylic acids is 2. The molecule has 1 saturated heterocycles. The molecule has 90 valence electrons. The lowest BCUT2D eigenvalue weighted by Crippen LogP contribution is -2.47. The fourth-order valence-electron chi connectivity index (χ4n) is 1.94. The summed E-state index contributed by atoms with van der Waals surface area (Å²) in [6, 6.07) is 0.308. The summed E-state index contributed by atoms with van der Waals surface area (Å²) in [6.45, 7) is 4.28. The molecule has 0 aromatic heterocycles. The number of rotatable bonds is 3. The van der Waals surface area contributed by atoms with Crippen LogP contribution < -0.4 is 0 Å². The van der Waals surface area contributed by atoms with E-state index in [4.69, 9.17) is 4.74 Å². The number of hydrogen-bond acceptors (Lipinski definition) is 3. The van der Waals surface area contributed by atoms with Gasteiger partial charge >= 0.3 is 0 Å². The molecule has 2 rings (SSSR count). The normalized spacial score (nSPS) is 20.7. The first-order chi connectivity index (χ1) is 7.68. The van der Waals surface area contributed by atoms with Gasteiger partial charge in [0.25, 0.3) is 0 Å². The van der Waals surface area contributed by atoms with Crippen molar-refractivity contribution in [1.82, 2.24) is 9.80 Å². The molecule has 5 heteroatoms. The Morgan fingerprint density at radius 3 is 2.44 bits per heavy atom. The molecule has 1 aliphatic carbocycles. The molecule has 0 spiro atoms. The molecule has 5 nitrogen and oxygen atoms in total. The van der Waals surface area contributed by atoms with Gasteiger partial charge in [-0.25, -0.2) is 0 Å². The van der Waals surface area contributed by atoms with Crippen molar-refractivity contribution in [3.63, 3.8) is 0 Å². The van der Waals surface area contributed by atoms with Crippen molar-refractivity contribution in [2.24, 2.45) is 0 Å². The van der Waals surface area contributed by atoms with E-state index < -0.39 is 0 Å². The monoisotopic (exact) mass is 226 g/mol. The van der Waals surface area contributed by atoms with Crippen LogP contribution in [-0.4, -0.2) is 60.5 Å². The summed E-state index contributed by atoms with van der Waals surface area (Å²) in [5.74, 6) is 0.0505. The van der Waals surface area contributed by atoms with Crippen LogP contribution in [0.1, 0.15) is 19.8 Å². The van der Waals surface area contributed by atoms with E-state index in [0.29, 0.717) is 32.3 Å². The number of nitrogens with zero attached hydrogens (tertiary/aromatic N) is 2. The van der Waals surface area contributed by atoms with E-state index in [1.165, 1.54) is 6.92 Å². The second-order valence-electron chi connectivity index (χ2n) is 4.37. The summed E-state index contributed by atoms with van der Waals surface area (Å²) in [4.78, 5) is 26.8. The van der Waals surface area contributed by atoms with Crippen molar-refractivity contribution in [2.75, 3.05) is 32.8 Å². The molecule has 1 saturated carbocycles. The highest BCUT2D eigenvalue weighted by atomic mass is 16.5. The van der Waals surface area contributed by atoms with Gasteiger partial charge in [-0.05, 0) is 12.8 Å². The van der Waals surface area contributed by atoms with Gasteiger partial charge in [0.05, 0.1) is 19.8 Å². The number of morpholine rings is 1. The number of carbonyl (C=O) groups is 2. The topological polar surface area (TPSA) is 49.9 Å². The lowest BCUT2D eigenvalue weighted by molar-refractivity contribution is -0.142. The maximum Gasteiger partial charge on any atom is 0.242 e. The summed E-state index contributed by atoms with van der Waals surface area (Å²) in [5, 5.41) is 0. The SMILES string of the molecule is CC(=O)N(CC(=O)N1CCOCC1)C1CC1. The smallest absolute Gasteiger partial charge is 0.242 e. The number of hydrogen-bond donors (Lipinski definition) is 0. The van der Waals surface area contributed by atoms with Gasteiger partial charge in [0.1, 0.15) is 0 Å². The van der Waals surface area contributed by atoms with Crippen LogP contribution in [0.25, 0.3) is 0 Å². The van der Waals surface area contributed by atoms with Gasteiger partial charge in [-0.15, -0.1) is 0 Å². The highest BCUT2D eigenvalue weighted by molar-refractivity contribution is 5.84. The highest BCUT2D eigenvalue weighted by Gasteiger charge is 2.33. The largest absolute Gasteiger partial charge is 0.378 e. The second kappa shape index (κ2) is 4.82. The van der Waals surface area contributed by atoms with E-state index >= 15 is 0 Å². The van der Waals surface area contributed by atoms with Crippen LogP contribution in [0.15, 0.2) is 0 Å². The molecular weight excluding hydrogens is 208 g/mol. The van der Waals surface area contributed by atoms with Crippen molar-refractivity contribution in [1.29, 1.82) is 0 Å². The van der Waals surface area contributed by atoms with Gasteiger partial charge in [-0.3, -0.25) is 9.59 Å². The Labute approximate surface area is 95.3 Å². The van der Waals surface area contributed by atoms with E-state index in [0.717, 1.165) is 12.8 Å². The van der Waals surface area contributed by atoms with Gasteiger partial charge in [0, 0.05) is 26.1 Å². The Morgan fingerprint density at radius 1 is 1.31 bits per heavy atom. The van der Waals surface area contributed by atoms with Gasteiger partial charge < -0.3 is 14.5 Å². The fraction of sp³-hybridized carbons (Fsp3) is 0.818. The molecule has 0 radical (unpaired) electrons. The molecule has 0 bridgehead atoms. The van der Waals surface area contributed by atoms with E-state index in [9.17, 15) is 9.59 Å². The summed E-state index contributed by atoms with van der Waals surface area (Å²) < 4.78 is 5.19.